The Labute approximate surface area is 152 Å². The SMILES string of the molecule is CCCCCCCC(C)OC(=O)C(O)(c1ccccc1)C1CCCC1. The van der Waals surface area contributed by atoms with Gasteiger partial charge in [0.05, 0.1) is 6.10 Å². The van der Waals surface area contributed by atoms with Crippen molar-refractivity contribution in [3.8, 4) is 0 Å². The largest absolute Gasteiger partial charge is 0.460 e. The molecule has 2 unspecified atom stereocenters. The van der Waals surface area contributed by atoms with Gasteiger partial charge in [0.1, 0.15) is 0 Å². The van der Waals surface area contributed by atoms with Crippen molar-refractivity contribution in [3.63, 3.8) is 0 Å². The van der Waals surface area contributed by atoms with Crippen molar-refractivity contribution in [1.82, 2.24) is 0 Å². The van der Waals surface area contributed by atoms with E-state index in [0.717, 1.165) is 38.5 Å². The molecule has 0 bridgehead atoms. The Bertz CT molecular complexity index is 507. The third-order valence-corrected chi connectivity index (χ3v) is 5.49. The van der Waals surface area contributed by atoms with Crippen molar-refractivity contribution in [2.45, 2.75) is 89.8 Å². The van der Waals surface area contributed by atoms with Crippen molar-refractivity contribution in [2.75, 3.05) is 0 Å². The van der Waals surface area contributed by atoms with E-state index in [4.69, 9.17) is 4.74 Å². The van der Waals surface area contributed by atoms with Crippen LogP contribution in [0.25, 0.3) is 0 Å². The van der Waals surface area contributed by atoms with Crippen LogP contribution >= 0.6 is 0 Å². The molecule has 0 heterocycles. The van der Waals surface area contributed by atoms with E-state index in [9.17, 15) is 9.90 Å². The van der Waals surface area contributed by atoms with Crippen LogP contribution in [-0.2, 0) is 15.1 Å². The van der Waals surface area contributed by atoms with E-state index in [-0.39, 0.29) is 12.0 Å². The zero-order valence-electron chi connectivity index (χ0n) is 15.9. The molecule has 3 nitrogen and oxygen atoms in total. The molecule has 0 amide bonds. The van der Waals surface area contributed by atoms with Crippen molar-refractivity contribution < 1.29 is 14.6 Å². The van der Waals surface area contributed by atoms with Crippen LogP contribution in [0, 0.1) is 5.92 Å². The summed E-state index contributed by atoms with van der Waals surface area (Å²) >= 11 is 0. The van der Waals surface area contributed by atoms with E-state index in [2.05, 4.69) is 6.92 Å². The molecule has 1 aliphatic rings. The van der Waals surface area contributed by atoms with Crippen LogP contribution in [0.5, 0.6) is 0 Å². The third-order valence-electron chi connectivity index (χ3n) is 5.49. The quantitative estimate of drug-likeness (QED) is 0.458. The average Bonchev–Trinajstić information content (AvgIpc) is 3.16. The Hall–Kier alpha value is -1.35. The zero-order valence-corrected chi connectivity index (χ0v) is 15.9. The molecule has 1 aromatic carbocycles. The maximum atomic E-state index is 12.9. The molecule has 0 radical (unpaired) electrons. The molecule has 1 aliphatic carbocycles. The molecule has 25 heavy (non-hydrogen) atoms. The fourth-order valence-electron chi connectivity index (χ4n) is 3.92. The maximum Gasteiger partial charge on any atom is 0.343 e. The number of aliphatic hydroxyl groups is 1. The summed E-state index contributed by atoms with van der Waals surface area (Å²) in [6.07, 6.45) is 10.6. The molecule has 1 saturated carbocycles. The van der Waals surface area contributed by atoms with Gasteiger partial charge in [-0.15, -0.1) is 0 Å². The Morgan fingerprint density at radius 2 is 1.80 bits per heavy atom. The number of carbonyl (C=O) groups excluding carboxylic acids is 1. The first-order chi connectivity index (χ1) is 12.1. The first kappa shape index (κ1) is 20.0. The van der Waals surface area contributed by atoms with Gasteiger partial charge in [0, 0.05) is 5.92 Å². The molecule has 3 heteroatoms. The summed E-state index contributed by atoms with van der Waals surface area (Å²) in [6, 6.07) is 9.34. The highest BCUT2D eigenvalue weighted by molar-refractivity contribution is 5.81. The van der Waals surface area contributed by atoms with Crippen molar-refractivity contribution in [2.24, 2.45) is 5.92 Å². The third kappa shape index (κ3) is 5.31. The number of carbonyl (C=O) groups is 1. The number of hydrogen-bond donors (Lipinski definition) is 1. The predicted molar refractivity (Wildman–Crippen MR) is 101 cm³/mol. The molecule has 0 saturated heterocycles. The van der Waals surface area contributed by atoms with Crippen LogP contribution < -0.4 is 0 Å². The zero-order chi connectivity index (χ0) is 18.1. The van der Waals surface area contributed by atoms with Crippen molar-refractivity contribution in [3.05, 3.63) is 35.9 Å². The average molecular weight is 347 g/mol. The highest BCUT2D eigenvalue weighted by Crippen LogP contribution is 2.41. The minimum absolute atomic E-state index is 0.0424. The number of rotatable bonds is 10. The lowest BCUT2D eigenvalue weighted by atomic mass is 9.80. The standard InChI is InChI=1S/C22H34O3/c1-3-4-5-6-8-13-18(2)25-21(23)22(24,20-16-11-12-17-20)19-14-9-7-10-15-19/h7,9-10,14-15,18,20,24H,3-6,8,11-13,16-17H2,1-2H3. The number of hydrogen-bond acceptors (Lipinski definition) is 3. The Morgan fingerprint density at radius 1 is 1.16 bits per heavy atom. The van der Waals surface area contributed by atoms with E-state index < -0.39 is 11.6 Å². The molecule has 1 fully saturated rings. The van der Waals surface area contributed by atoms with Crippen LogP contribution in [0.15, 0.2) is 30.3 Å². The Kier molecular flexibility index (Phi) is 7.95. The van der Waals surface area contributed by atoms with Crippen LogP contribution in [-0.4, -0.2) is 17.2 Å². The second-order valence-electron chi connectivity index (χ2n) is 7.53. The van der Waals surface area contributed by atoms with Gasteiger partial charge < -0.3 is 9.84 Å². The summed E-state index contributed by atoms with van der Waals surface area (Å²) < 4.78 is 5.70. The highest BCUT2D eigenvalue weighted by Gasteiger charge is 2.48. The van der Waals surface area contributed by atoms with Gasteiger partial charge >= 0.3 is 5.97 Å². The minimum atomic E-state index is -1.51. The molecule has 2 atom stereocenters. The molecule has 0 aromatic heterocycles. The predicted octanol–water partition coefficient (Wildman–Crippen LogP) is 5.36. The van der Waals surface area contributed by atoms with Crippen LogP contribution in [0.1, 0.15) is 83.6 Å². The topological polar surface area (TPSA) is 46.5 Å². The van der Waals surface area contributed by atoms with Gasteiger partial charge in [-0.25, -0.2) is 4.79 Å². The van der Waals surface area contributed by atoms with Crippen LogP contribution in [0.3, 0.4) is 0 Å². The smallest absolute Gasteiger partial charge is 0.343 e. The molecule has 2 rings (SSSR count). The monoisotopic (exact) mass is 346 g/mol. The number of unbranched alkanes of at least 4 members (excludes halogenated alkanes) is 4. The van der Waals surface area contributed by atoms with Crippen LogP contribution in [0.4, 0.5) is 0 Å². The van der Waals surface area contributed by atoms with Crippen molar-refractivity contribution in [1.29, 1.82) is 0 Å². The van der Waals surface area contributed by atoms with Gasteiger partial charge in [0.15, 0.2) is 5.60 Å². The summed E-state index contributed by atoms with van der Waals surface area (Å²) in [7, 11) is 0. The lowest BCUT2D eigenvalue weighted by Gasteiger charge is -2.33. The summed E-state index contributed by atoms with van der Waals surface area (Å²) in [5.41, 5.74) is -0.837. The normalized spacial score (nSPS) is 18.7. The van der Waals surface area contributed by atoms with E-state index in [0.29, 0.717) is 5.56 Å². The van der Waals surface area contributed by atoms with E-state index >= 15 is 0 Å². The highest BCUT2D eigenvalue weighted by atomic mass is 16.6. The fourth-order valence-corrected chi connectivity index (χ4v) is 3.92. The maximum absolute atomic E-state index is 12.9. The molecular weight excluding hydrogens is 312 g/mol. The van der Waals surface area contributed by atoms with Crippen LogP contribution in [0.2, 0.25) is 0 Å². The van der Waals surface area contributed by atoms with Gasteiger partial charge in [-0.1, -0.05) is 75.8 Å². The Balaban J connectivity index is 1.98. The molecule has 1 N–H and O–H groups in total. The number of benzene rings is 1. The summed E-state index contributed by atoms with van der Waals surface area (Å²) in [4.78, 5) is 12.9. The first-order valence-corrected chi connectivity index (χ1v) is 10.1. The number of esters is 1. The van der Waals surface area contributed by atoms with Gasteiger partial charge in [-0.3, -0.25) is 0 Å². The summed E-state index contributed by atoms with van der Waals surface area (Å²) in [6.45, 7) is 4.15. The van der Waals surface area contributed by atoms with E-state index in [1.165, 1.54) is 25.7 Å². The summed E-state index contributed by atoms with van der Waals surface area (Å²) in [5.74, 6) is -0.509. The lowest BCUT2D eigenvalue weighted by Crippen LogP contribution is -2.44. The number of ether oxygens (including phenoxy) is 1. The Morgan fingerprint density at radius 3 is 2.44 bits per heavy atom. The second kappa shape index (κ2) is 9.96. The fraction of sp³-hybridized carbons (Fsp3) is 0.682. The lowest BCUT2D eigenvalue weighted by molar-refractivity contribution is -0.179. The molecular formula is C22H34O3. The minimum Gasteiger partial charge on any atom is -0.460 e. The van der Waals surface area contributed by atoms with Gasteiger partial charge in [0.2, 0.25) is 0 Å². The summed E-state index contributed by atoms with van der Waals surface area (Å²) in [5, 5.41) is 11.4. The van der Waals surface area contributed by atoms with Crippen molar-refractivity contribution >= 4 is 5.97 Å². The first-order valence-electron chi connectivity index (χ1n) is 10.1. The molecule has 0 spiro atoms. The molecule has 1 aromatic rings. The van der Waals surface area contributed by atoms with E-state index in [1.807, 2.05) is 37.3 Å². The molecule has 0 aliphatic heterocycles. The van der Waals surface area contributed by atoms with Gasteiger partial charge in [-0.05, 0) is 38.2 Å². The van der Waals surface area contributed by atoms with Gasteiger partial charge in [-0.2, -0.15) is 0 Å². The molecule has 140 valence electrons. The van der Waals surface area contributed by atoms with Gasteiger partial charge in [0.25, 0.3) is 0 Å². The second-order valence-corrected chi connectivity index (χ2v) is 7.53. The van der Waals surface area contributed by atoms with E-state index in [1.54, 1.807) is 0 Å².